The highest BCUT2D eigenvalue weighted by Gasteiger charge is 2.48. The molecule has 0 saturated heterocycles. The Balaban J connectivity index is 1.70. The Kier molecular flexibility index (Phi) is 4.44. The summed E-state index contributed by atoms with van der Waals surface area (Å²) in [4.78, 5) is 0. The highest BCUT2D eigenvalue weighted by Crippen LogP contribution is 2.57. The van der Waals surface area contributed by atoms with Crippen LogP contribution < -0.4 is 0 Å². The maximum atomic E-state index is 14.9. The van der Waals surface area contributed by atoms with Gasteiger partial charge < -0.3 is 0 Å². The summed E-state index contributed by atoms with van der Waals surface area (Å²) in [5.74, 6) is -0.117. The zero-order valence-electron chi connectivity index (χ0n) is 18.0. The molecule has 0 aromatic heterocycles. The van der Waals surface area contributed by atoms with Gasteiger partial charge in [-0.3, -0.25) is 0 Å². The van der Waals surface area contributed by atoms with Gasteiger partial charge in [-0.2, -0.15) is 0 Å². The molecule has 0 aliphatic heterocycles. The summed E-state index contributed by atoms with van der Waals surface area (Å²) in [6.45, 7) is 9.43. The highest BCUT2D eigenvalue weighted by atomic mass is 28.3. The second-order valence-electron chi connectivity index (χ2n) is 9.31. The topological polar surface area (TPSA) is 0 Å². The monoisotopic (exact) mass is 410 g/mol. The van der Waals surface area contributed by atoms with Gasteiger partial charge in [0.15, 0.2) is 0 Å². The number of rotatable bonds is 3. The molecular weight excluding hydrogens is 383 g/mol. The predicted octanol–water partition coefficient (Wildman–Crippen LogP) is 7.99. The summed E-state index contributed by atoms with van der Waals surface area (Å²) < 4.78 is 14.9. The van der Waals surface area contributed by atoms with E-state index < -0.39 is 8.07 Å². The Morgan fingerprint density at radius 2 is 1.17 bits per heavy atom. The standard InChI is InChI=1S/C28H27FSi/c1-18-17-25(22-13-9-10-16-26(22)29)27(19(18)2)30(3,4)28-23-14-7-5-11-20(23)21-12-6-8-15-24(21)28/h5-17,27-28H,1-4H3. The van der Waals surface area contributed by atoms with E-state index in [1.54, 1.807) is 12.1 Å². The number of fused-ring (bicyclic) bond motifs is 3. The van der Waals surface area contributed by atoms with Crippen LogP contribution in [0.4, 0.5) is 4.39 Å². The predicted molar refractivity (Wildman–Crippen MR) is 128 cm³/mol. The van der Waals surface area contributed by atoms with Crippen LogP contribution in [0.25, 0.3) is 16.7 Å². The summed E-state index contributed by atoms with van der Waals surface area (Å²) in [5, 5.41) is 0. The average Bonchev–Trinajstić information content (AvgIpc) is 3.24. The molecule has 0 N–H and O–H groups in total. The van der Waals surface area contributed by atoms with Crippen molar-refractivity contribution in [1.29, 1.82) is 0 Å². The Morgan fingerprint density at radius 1 is 0.667 bits per heavy atom. The fourth-order valence-electron chi connectivity index (χ4n) is 5.90. The van der Waals surface area contributed by atoms with Crippen molar-refractivity contribution >= 4 is 13.6 Å². The van der Waals surface area contributed by atoms with Crippen molar-refractivity contribution in [1.82, 2.24) is 0 Å². The lowest BCUT2D eigenvalue weighted by atomic mass is 10.0. The summed E-state index contributed by atoms with van der Waals surface area (Å²) in [6, 6.07) is 25.0. The molecule has 3 aromatic rings. The van der Waals surface area contributed by atoms with Crippen molar-refractivity contribution in [2.75, 3.05) is 0 Å². The third-order valence-corrected chi connectivity index (χ3v) is 11.6. The minimum Gasteiger partial charge on any atom is -0.206 e. The smallest absolute Gasteiger partial charge is 0.130 e. The molecule has 2 aliphatic carbocycles. The number of benzene rings is 3. The van der Waals surface area contributed by atoms with Gasteiger partial charge in [0.05, 0.1) is 8.07 Å². The SMILES string of the molecule is CC1=C(C)C([Si](C)(C)C2c3ccccc3-c3ccccc32)C(c2ccccc2F)=C1. The van der Waals surface area contributed by atoms with Gasteiger partial charge in [-0.15, -0.1) is 0 Å². The molecule has 1 atom stereocenters. The third kappa shape index (κ3) is 2.70. The quantitative estimate of drug-likeness (QED) is 0.384. The maximum Gasteiger partial charge on any atom is 0.130 e. The van der Waals surface area contributed by atoms with Gasteiger partial charge in [0.25, 0.3) is 0 Å². The second-order valence-corrected chi connectivity index (χ2v) is 14.1. The molecule has 0 heterocycles. The molecule has 0 bridgehead atoms. The van der Waals surface area contributed by atoms with Crippen molar-refractivity contribution < 1.29 is 4.39 Å². The molecular formula is C28H27FSi. The minimum absolute atomic E-state index is 0.117. The summed E-state index contributed by atoms with van der Waals surface area (Å²) >= 11 is 0. The molecule has 30 heavy (non-hydrogen) atoms. The van der Waals surface area contributed by atoms with Crippen LogP contribution >= 0.6 is 0 Å². The van der Waals surface area contributed by atoms with Crippen molar-refractivity contribution in [3.8, 4) is 11.1 Å². The molecule has 0 nitrogen and oxygen atoms in total. The van der Waals surface area contributed by atoms with Gasteiger partial charge in [0, 0.05) is 16.6 Å². The Morgan fingerprint density at radius 3 is 1.73 bits per heavy atom. The van der Waals surface area contributed by atoms with Crippen molar-refractivity contribution in [3.63, 3.8) is 0 Å². The normalized spacial score (nSPS) is 18.4. The number of hydrogen-bond donors (Lipinski definition) is 0. The van der Waals surface area contributed by atoms with Crippen LogP contribution in [0.1, 0.15) is 36.1 Å². The number of allylic oxidation sites excluding steroid dienone is 4. The molecule has 0 fully saturated rings. The van der Waals surface area contributed by atoms with E-state index in [0.717, 1.165) is 5.56 Å². The summed E-state index contributed by atoms with van der Waals surface area (Å²) in [5.41, 5.74) is 10.9. The van der Waals surface area contributed by atoms with Crippen LogP contribution in [0, 0.1) is 5.82 Å². The molecule has 1 unspecified atom stereocenters. The molecule has 3 aromatic carbocycles. The van der Waals surface area contributed by atoms with Crippen LogP contribution in [-0.4, -0.2) is 8.07 Å². The zero-order valence-corrected chi connectivity index (χ0v) is 19.0. The van der Waals surface area contributed by atoms with Gasteiger partial charge in [-0.05, 0) is 47.7 Å². The molecule has 5 rings (SSSR count). The van der Waals surface area contributed by atoms with E-state index in [1.165, 1.54) is 39.0 Å². The molecule has 0 radical (unpaired) electrons. The van der Waals surface area contributed by atoms with Crippen LogP contribution in [-0.2, 0) is 0 Å². The molecule has 0 saturated carbocycles. The Bertz CT molecular complexity index is 1170. The van der Waals surface area contributed by atoms with E-state index in [1.807, 2.05) is 12.1 Å². The van der Waals surface area contributed by atoms with Gasteiger partial charge in [0.2, 0.25) is 0 Å². The van der Waals surface area contributed by atoms with Crippen molar-refractivity contribution in [3.05, 3.63) is 113 Å². The first-order valence-electron chi connectivity index (χ1n) is 10.7. The van der Waals surface area contributed by atoms with E-state index in [0.29, 0.717) is 11.1 Å². The van der Waals surface area contributed by atoms with E-state index >= 15 is 0 Å². The van der Waals surface area contributed by atoms with Gasteiger partial charge in [-0.1, -0.05) is 97.0 Å². The van der Waals surface area contributed by atoms with Crippen LogP contribution in [0.2, 0.25) is 18.6 Å². The molecule has 2 heteroatoms. The highest BCUT2D eigenvalue weighted by molar-refractivity contribution is 6.83. The van der Waals surface area contributed by atoms with E-state index in [9.17, 15) is 4.39 Å². The first-order chi connectivity index (χ1) is 14.4. The third-order valence-electron chi connectivity index (χ3n) is 7.24. The fraction of sp³-hybridized carbons (Fsp3) is 0.214. The number of halogens is 1. The molecule has 2 aliphatic rings. The van der Waals surface area contributed by atoms with Gasteiger partial charge in [0.1, 0.15) is 5.82 Å². The average molecular weight is 411 g/mol. The van der Waals surface area contributed by atoms with Crippen LogP contribution in [0.15, 0.2) is 90.0 Å². The Labute approximate surface area is 179 Å². The van der Waals surface area contributed by atoms with E-state index in [-0.39, 0.29) is 5.82 Å². The first kappa shape index (κ1) is 19.3. The first-order valence-corrected chi connectivity index (χ1v) is 13.9. The molecule has 0 amide bonds. The maximum absolute atomic E-state index is 14.9. The minimum atomic E-state index is -2.01. The molecule has 150 valence electrons. The zero-order chi connectivity index (χ0) is 21.0. The van der Waals surface area contributed by atoms with Gasteiger partial charge >= 0.3 is 0 Å². The van der Waals surface area contributed by atoms with Crippen molar-refractivity contribution in [2.24, 2.45) is 0 Å². The lowest BCUT2D eigenvalue weighted by molar-refractivity contribution is 0.623. The lowest BCUT2D eigenvalue weighted by Gasteiger charge is -2.39. The summed E-state index contributed by atoms with van der Waals surface area (Å²) in [6.07, 6.45) is 2.24. The van der Waals surface area contributed by atoms with Crippen molar-refractivity contribution in [2.45, 2.75) is 38.0 Å². The van der Waals surface area contributed by atoms with Crippen LogP contribution in [0.3, 0.4) is 0 Å². The van der Waals surface area contributed by atoms with E-state index in [2.05, 4.69) is 81.5 Å². The summed E-state index contributed by atoms with van der Waals surface area (Å²) in [7, 11) is -2.01. The second kappa shape index (κ2) is 6.92. The lowest BCUT2D eigenvalue weighted by Crippen LogP contribution is -2.40. The molecule has 0 spiro atoms. The largest absolute Gasteiger partial charge is 0.206 e. The van der Waals surface area contributed by atoms with E-state index in [4.69, 9.17) is 0 Å². The Hall–Kier alpha value is -2.71. The fourth-order valence-corrected chi connectivity index (χ4v) is 10.7. The van der Waals surface area contributed by atoms with Gasteiger partial charge in [-0.25, -0.2) is 4.39 Å². The van der Waals surface area contributed by atoms with Crippen LogP contribution in [0.5, 0.6) is 0 Å². The number of hydrogen-bond acceptors (Lipinski definition) is 0.